The molecule has 0 bridgehead atoms. The summed E-state index contributed by atoms with van der Waals surface area (Å²) in [4.78, 5) is 26.0. The van der Waals surface area contributed by atoms with Crippen molar-refractivity contribution in [1.29, 1.82) is 0 Å². The first-order valence-electron chi connectivity index (χ1n) is 14.6. The van der Waals surface area contributed by atoms with Gasteiger partial charge in [-0.05, 0) is 0 Å². The number of rotatable bonds is 4. The number of aromatic nitrogens is 2. The number of thiophene rings is 6. The first-order valence-corrected chi connectivity index (χ1v) is 23.7. The summed E-state index contributed by atoms with van der Waals surface area (Å²) < 4.78 is 6.03. The van der Waals surface area contributed by atoms with Gasteiger partial charge in [-0.3, -0.25) is 0 Å². The molecule has 0 aromatic carbocycles. The van der Waals surface area contributed by atoms with E-state index in [1.54, 1.807) is 8.79 Å². The molecule has 45 heavy (non-hydrogen) atoms. The fourth-order valence-electron chi connectivity index (χ4n) is 6.99. The molecule has 0 saturated carbocycles. The number of hydrogen-bond acceptors (Lipinski definition) is 8. The molecule has 0 amide bonds. The molecule has 2 aliphatic heterocycles. The second-order valence-electron chi connectivity index (χ2n) is 11.4. The summed E-state index contributed by atoms with van der Waals surface area (Å²) >= 11 is 8.25. The third kappa shape index (κ3) is 3.88. The zero-order chi connectivity index (χ0) is 29.9. The topological polar surface area (TPSA) is 25.8 Å². The summed E-state index contributed by atoms with van der Waals surface area (Å²) in [7, 11) is 0. The molecule has 8 aromatic heterocycles. The van der Waals surface area contributed by atoms with Gasteiger partial charge in [0.05, 0.1) is 0 Å². The van der Waals surface area contributed by atoms with Crippen LogP contribution in [0.3, 0.4) is 0 Å². The van der Waals surface area contributed by atoms with E-state index in [4.69, 9.17) is 9.97 Å². The van der Waals surface area contributed by atoms with Gasteiger partial charge in [-0.25, -0.2) is 0 Å². The predicted octanol–water partition coefficient (Wildman–Crippen LogP) is 9.47. The first-order chi connectivity index (χ1) is 22.1. The zero-order valence-electron chi connectivity index (χ0n) is 24.1. The van der Waals surface area contributed by atoms with E-state index in [9.17, 15) is 0 Å². The van der Waals surface area contributed by atoms with E-state index in [0.717, 1.165) is 0 Å². The fourth-order valence-corrected chi connectivity index (χ4v) is 27.3. The van der Waals surface area contributed by atoms with Gasteiger partial charge >= 0.3 is 290 Å². The Morgan fingerprint density at radius 2 is 0.822 bits per heavy atom. The van der Waals surface area contributed by atoms with Crippen LogP contribution in [0.1, 0.15) is 9.75 Å². The van der Waals surface area contributed by atoms with E-state index in [0.29, 0.717) is 0 Å². The monoisotopic (exact) mass is 748 g/mol. The van der Waals surface area contributed by atoms with Crippen LogP contribution in [0.2, 0.25) is 0 Å². The van der Waals surface area contributed by atoms with Crippen molar-refractivity contribution in [2.24, 2.45) is 0 Å². The van der Waals surface area contributed by atoms with Crippen molar-refractivity contribution < 1.29 is 0 Å². The van der Waals surface area contributed by atoms with E-state index in [-0.39, 0.29) is 0 Å². The van der Waals surface area contributed by atoms with Crippen LogP contribution in [0.5, 0.6) is 0 Å². The van der Waals surface area contributed by atoms with Gasteiger partial charge in [0, 0.05) is 0 Å². The molecule has 0 atom stereocenters. The minimum atomic E-state index is -3.33. The Bertz CT molecular complexity index is 2280. The van der Waals surface area contributed by atoms with Gasteiger partial charge in [0.25, 0.3) is 0 Å². The van der Waals surface area contributed by atoms with E-state index < -0.39 is 13.3 Å². The molecule has 10 rings (SSSR count). The third-order valence-corrected chi connectivity index (χ3v) is 27.1. The van der Waals surface area contributed by atoms with Gasteiger partial charge in [0.1, 0.15) is 0 Å². The number of fused-ring (bicyclic) bond motifs is 10. The second kappa shape index (κ2) is 10.0. The van der Waals surface area contributed by atoms with Crippen molar-refractivity contribution in [2.45, 2.75) is 13.8 Å². The van der Waals surface area contributed by atoms with E-state index in [1.165, 1.54) is 78.4 Å². The summed E-state index contributed by atoms with van der Waals surface area (Å²) in [6.45, 7) is 4.37. The molecule has 0 aliphatic carbocycles. The maximum atomic E-state index is 4.75. The molecule has 9 heteroatoms. The van der Waals surface area contributed by atoms with Crippen LogP contribution in [-0.4, -0.2) is 23.2 Å². The zero-order valence-corrected chi connectivity index (χ0v) is 31.1. The molecule has 10 heterocycles. The van der Waals surface area contributed by atoms with Gasteiger partial charge in [0.15, 0.2) is 0 Å². The molecule has 216 valence electrons. The van der Waals surface area contributed by atoms with Gasteiger partial charge in [0.2, 0.25) is 0 Å². The summed E-state index contributed by atoms with van der Waals surface area (Å²) in [6, 6.07) is 27.8. The van der Waals surface area contributed by atoms with Crippen molar-refractivity contribution in [1.82, 2.24) is 9.97 Å². The van der Waals surface area contributed by atoms with Crippen LogP contribution in [0, 0.1) is 13.8 Å². The molecule has 2 nitrogen and oxygen atoms in total. The Morgan fingerprint density at radius 3 is 1.24 bits per heavy atom. The molecule has 0 fully saturated rings. The SMILES string of the molecule is Cc1ccc(-c2ccc(-c3c[c]4c(s3)-c3sc(-c5ccc(-c6ccc(C)s6)s5)c[c]3[Ge]43[c]4cnccc4-c4ccnc[c]43)s2)s1. The number of nitrogens with zero attached hydrogens (tertiary/aromatic N) is 2. The Morgan fingerprint density at radius 1 is 0.422 bits per heavy atom. The van der Waals surface area contributed by atoms with E-state index in [2.05, 4.69) is 99.0 Å². The van der Waals surface area contributed by atoms with Crippen molar-refractivity contribution in [2.75, 3.05) is 0 Å². The summed E-state index contributed by atoms with van der Waals surface area (Å²) in [5.41, 5.74) is 2.69. The van der Waals surface area contributed by atoms with Crippen LogP contribution in [0.4, 0.5) is 0 Å². The quantitative estimate of drug-likeness (QED) is 0.168. The van der Waals surface area contributed by atoms with E-state index >= 15 is 0 Å². The van der Waals surface area contributed by atoms with Crippen molar-refractivity contribution in [3.63, 3.8) is 0 Å². The van der Waals surface area contributed by atoms with E-state index in [1.807, 2.05) is 80.4 Å². The molecule has 1 spiro atoms. The van der Waals surface area contributed by atoms with Crippen LogP contribution < -0.4 is 17.6 Å². The minimum absolute atomic E-state index is 1.35. The van der Waals surface area contributed by atoms with Crippen molar-refractivity contribution >= 4 is 98.9 Å². The number of hydrogen-bond donors (Lipinski definition) is 0. The van der Waals surface area contributed by atoms with Gasteiger partial charge in [-0.2, -0.15) is 0 Å². The third-order valence-electron chi connectivity index (χ3n) is 8.88. The van der Waals surface area contributed by atoms with Crippen molar-refractivity contribution in [3.05, 3.63) is 107 Å². The molecular formula is C36H22GeN2S6. The van der Waals surface area contributed by atoms with Gasteiger partial charge < -0.3 is 0 Å². The van der Waals surface area contributed by atoms with Gasteiger partial charge in [-0.15, -0.1) is 0 Å². The predicted molar refractivity (Wildman–Crippen MR) is 202 cm³/mol. The fraction of sp³-hybridized carbons (Fsp3) is 0.0556. The standard InChI is InChI=1S/C36H22GeN2S6/c1-19-3-5-27(40-19)29-7-9-31(42-29)33-15-23-35(44-33)36-24(16-34(45-36)32-10-8-30(43-32)28-6-4-20(2)41-28)37(23)25-17-38-13-11-21(25)22-12-14-39-18-26(22)37/h3-18H,1-2H3. The van der Waals surface area contributed by atoms with Crippen LogP contribution in [-0.2, 0) is 0 Å². The second-order valence-corrected chi connectivity index (χ2v) is 26.0. The number of pyridine rings is 2. The van der Waals surface area contributed by atoms with Crippen LogP contribution in [0.25, 0.3) is 59.9 Å². The molecule has 8 aromatic rings. The summed E-state index contributed by atoms with van der Waals surface area (Å²) in [5, 5.41) is 0. The molecular weight excluding hydrogens is 725 g/mol. The first kappa shape index (κ1) is 27.2. The maximum absolute atomic E-state index is 4.75. The van der Waals surface area contributed by atoms with Crippen LogP contribution >= 0.6 is 68.0 Å². The number of aryl methyl sites for hydroxylation is 2. The Labute approximate surface area is 287 Å². The summed E-state index contributed by atoms with van der Waals surface area (Å²) in [5.74, 6) is 0. The Kier molecular flexibility index (Phi) is 6.05. The van der Waals surface area contributed by atoms with Crippen molar-refractivity contribution in [3.8, 4) is 59.9 Å². The molecule has 0 radical (unpaired) electrons. The Hall–Kier alpha value is -2.96. The Balaban J connectivity index is 1.19. The van der Waals surface area contributed by atoms with Gasteiger partial charge in [-0.1, -0.05) is 0 Å². The van der Waals surface area contributed by atoms with Crippen LogP contribution in [0.15, 0.2) is 97.6 Å². The molecule has 0 saturated heterocycles. The average Bonchev–Trinajstić information content (AvgIpc) is 3.89. The molecule has 0 N–H and O–H groups in total. The molecule has 2 aliphatic rings. The molecule has 0 unspecified atom stereocenters. The summed E-state index contributed by atoms with van der Waals surface area (Å²) in [6.07, 6.45) is 8.29. The average molecular weight is 748 g/mol. The normalized spacial score (nSPS) is 13.7.